The van der Waals surface area contributed by atoms with E-state index < -0.39 is 0 Å². The van der Waals surface area contributed by atoms with Crippen molar-refractivity contribution >= 4 is 0 Å². The highest BCUT2D eigenvalue weighted by molar-refractivity contribution is 4.93. The van der Waals surface area contributed by atoms with Crippen LogP contribution in [0.4, 0.5) is 0 Å². The summed E-state index contributed by atoms with van der Waals surface area (Å²) in [6.07, 6.45) is 2.44. The zero-order valence-corrected chi connectivity index (χ0v) is 3.02. The van der Waals surface area contributed by atoms with E-state index in [1.165, 1.54) is 12.8 Å². The third-order valence-electron chi connectivity index (χ3n) is 0.758. The van der Waals surface area contributed by atoms with Gasteiger partial charge in [0.15, 0.2) is 0 Å². The first-order chi connectivity index (χ1) is 2.43. The first kappa shape index (κ1) is 2.71. The Morgan fingerprint density at radius 3 is 2.20 bits per heavy atom. The molecule has 1 heteroatoms. The average Bonchev–Trinajstić information content (AvgIpc) is 2.12. The Labute approximate surface area is 31.4 Å². The SMILES string of the molecule is C#[N+]C1CC1. The molecule has 0 unspecified atom stereocenters. The third-order valence-corrected chi connectivity index (χ3v) is 0.758. The van der Waals surface area contributed by atoms with Crippen molar-refractivity contribution in [2.45, 2.75) is 18.9 Å². The van der Waals surface area contributed by atoms with Gasteiger partial charge in [0.2, 0.25) is 0 Å². The van der Waals surface area contributed by atoms with Crippen LogP contribution in [0.5, 0.6) is 0 Å². The van der Waals surface area contributed by atoms with Gasteiger partial charge in [0.1, 0.15) is 0 Å². The van der Waals surface area contributed by atoms with Crippen LogP contribution in [0.1, 0.15) is 12.8 Å². The van der Waals surface area contributed by atoms with Crippen LogP contribution >= 0.6 is 0 Å². The maximum absolute atomic E-state index is 4.86. The Morgan fingerprint density at radius 1 is 1.60 bits per heavy atom. The van der Waals surface area contributed by atoms with Crippen molar-refractivity contribution in [1.29, 1.82) is 0 Å². The Kier molecular flexibility index (Phi) is 0.390. The summed E-state index contributed by atoms with van der Waals surface area (Å²) in [7, 11) is 0. The van der Waals surface area contributed by atoms with Gasteiger partial charge < -0.3 is 0 Å². The molecule has 0 bridgehead atoms. The summed E-state index contributed by atoms with van der Waals surface area (Å²) in [5, 5.41) is 0. The molecule has 0 saturated heterocycles. The van der Waals surface area contributed by atoms with E-state index in [9.17, 15) is 0 Å². The Morgan fingerprint density at radius 2 is 2.20 bits per heavy atom. The zero-order chi connectivity index (χ0) is 3.70. The van der Waals surface area contributed by atoms with E-state index >= 15 is 0 Å². The highest BCUT2D eigenvalue weighted by Crippen LogP contribution is 2.22. The van der Waals surface area contributed by atoms with Gasteiger partial charge in [0, 0.05) is 12.8 Å². The summed E-state index contributed by atoms with van der Waals surface area (Å²) < 4.78 is 0. The summed E-state index contributed by atoms with van der Waals surface area (Å²) in [6, 6.07) is 0.537. The molecule has 1 aliphatic carbocycles. The first-order valence-corrected chi connectivity index (χ1v) is 1.83. The molecule has 0 atom stereocenters. The molecule has 0 aliphatic heterocycles. The van der Waals surface area contributed by atoms with Crippen molar-refractivity contribution in [2.75, 3.05) is 0 Å². The molecule has 1 saturated carbocycles. The molecule has 0 heterocycles. The normalized spacial score (nSPS) is 21.4. The van der Waals surface area contributed by atoms with E-state index in [0.717, 1.165) is 0 Å². The fourth-order valence-electron chi connectivity index (χ4n) is 0.224. The lowest BCUT2D eigenvalue weighted by Crippen LogP contribution is -1.56. The number of hydrogen-bond donors (Lipinski definition) is 0. The zero-order valence-electron chi connectivity index (χ0n) is 3.02. The lowest BCUT2D eigenvalue weighted by atomic mass is 10.8. The third kappa shape index (κ3) is 0.384. The molecule has 0 radical (unpaired) electrons. The van der Waals surface area contributed by atoms with Crippen LogP contribution in [0, 0.1) is 6.57 Å². The minimum absolute atomic E-state index is 0.537. The largest absolute Gasteiger partial charge is 0.272 e. The maximum atomic E-state index is 4.86. The van der Waals surface area contributed by atoms with Crippen molar-refractivity contribution in [1.82, 2.24) is 0 Å². The van der Waals surface area contributed by atoms with E-state index in [-0.39, 0.29) is 0 Å². The van der Waals surface area contributed by atoms with Crippen LogP contribution in [-0.2, 0) is 0 Å². The molecular weight excluding hydrogens is 62.1 g/mol. The predicted molar refractivity (Wildman–Crippen MR) is 21.3 cm³/mol. The summed E-state index contributed by atoms with van der Waals surface area (Å²) in [4.78, 5) is 3.50. The van der Waals surface area contributed by atoms with E-state index in [4.69, 9.17) is 6.57 Å². The van der Waals surface area contributed by atoms with Crippen molar-refractivity contribution in [3.8, 4) is 6.57 Å². The van der Waals surface area contributed by atoms with Gasteiger partial charge in [-0.15, -0.1) is 0 Å². The lowest BCUT2D eigenvalue weighted by Gasteiger charge is -1.42. The van der Waals surface area contributed by atoms with Crippen LogP contribution in [0.2, 0.25) is 0 Å². The van der Waals surface area contributed by atoms with Crippen molar-refractivity contribution in [3.63, 3.8) is 0 Å². The molecule has 5 heavy (non-hydrogen) atoms. The van der Waals surface area contributed by atoms with Crippen LogP contribution in [0.15, 0.2) is 0 Å². The smallest absolute Gasteiger partial charge is 0.0836 e. The first-order valence-electron chi connectivity index (χ1n) is 1.83. The summed E-state index contributed by atoms with van der Waals surface area (Å²) in [5.41, 5.74) is 0. The van der Waals surface area contributed by atoms with Crippen LogP contribution in [-0.4, -0.2) is 6.04 Å². The minimum atomic E-state index is 0.537. The Bertz CT molecular complexity index is 66.2. The van der Waals surface area contributed by atoms with Crippen molar-refractivity contribution in [3.05, 3.63) is 4.85 Å². The second-order valence-corrected chi connectivity index (χ2v) is 1.38. The molecular formula is C4H6N+. The molecule has 0 aromatic heterocycles. The Hall–Kier alpha value is -0.510. The van der Waals surface area contributed by atoms with Gasteiger partial charge in [-0.3, -0.25) is 0 Å². The maximum Gasteiger partial charge on any atom is 0.272 e. The van der Waals surface area contributed by atoms with E-state index in [0.29, 0.717) is 6.04 Å². The van der Waals surface area contributed by atoms with E-state index in [1.807, 2.05) is 0 Å². The van der Waals surface area contributed by atoms with E-state index in [1.54, 1.807) is 0 Å². The van der Waals surface area contributed by atoms with Gasteiger partial charge in [-0.2, -0.15) is 0 Å². The van der Waals surface area contributed by atoms with Crippen LogP contribution < -0.4 is 0 Å². The summed E-state index contributed by atoms with van der Waals surface area (Å²) in [5.74, 6) is 0. The summed E-state index contributed by atoms with van der Waals surface area (Å²) in [6.45, 7) is 4.86. The van der Waals surface area contributed by atoms with Crippen LogP contribution in [0.25, 0.3) is 4.85 Å². The quantitative estimate of drug-likeness (QED) is 0.400. The lowest BCUT2D eigenvalue weighted by molar-refractivity contribution is 1.30. The molecule has 0 amide bonds. The Balaban J connectivity index is 2.30. The summed E-state index contributed by atoms with van der Waals surface area (Å²) >= 11 is 0. The number of nitrogens with zero attached hydrogens (tertiary/aromatic N) is 1. The van der Waals surface area contributed by atoms with Crippen LogP contribution in [0.3, 0.4) is 0 Å². The monoisotopic (exact) mass is 68.0 g/mol. The fraction of sp³-hybridized carbons (Fsp3) is 0.750. The standard InChI is InChI=1S/C4H6N/c1-5-4-2-3-4/h1,4H,2-3H2/q+1. The van der Waals surface area contributed by atoms with Gasteiger partial charge in [0.25, 0.3) is 12.6 Å². The second kappa shape index (κ2) is 0.718. The van der Waals surface area contributed by atoms with Gasteiger partial charge in [-0.25, -0.2) is 0 Å². The molecule has 26 valence electrons. The molecule has 1 rings (SSSR count). The van der Waals surface area contributed by atoms with E-state index in [2.05, 4.69) is 4.85 Å². The topological polar surface area (TPSA) is 4.36 Å². The molecule has 0 aromatic rings. The highest BCUT2D eigenvalue weighted by Gasteiger charge is 2.30. The van der Waals surface area contributed by atoms with Gasteiger partial charge in [0.05, 0.1) is 0 Å². The second-order valence-electron chi connectivity index (χ2n) is 1.38. The average molecular weight is 68.1 g/mol. The van der Waals surface area contributed by atoms with Gasteiger partial charge in [-0.05, 0) is 0 Å². The predicted octanol–water partition coefficient (Wildman–Crippen LogP) is 1.11. The van der Waals surface area contributed by atoms with Crippen molar-refractivity contribution < 1.29 is 0 Å². The molecule has 1 fully saturated rings. The number of hydrogen-bond acceptors (Lipinski definition) is 0. The minimum Gasteiger partial charge on any atom is -0.0836 e. The van der Waals surface area contributed by atoms with Crippen molar-refractivity contribution in [2.24, 2.45) is 0 Å². The molecule has 0 spiro atoms. The van der Waals surface area contributed by atoms with Gasteiger partial charge >= 0.3 is 0 Å². The number of rotatable bonds is 0. The van der Waals surface area contributed by atoms with Gasteiger partial charge in [-0.1, -0.05) is 4.85 Å². The molecule has 1 nitrogen and oxygen atoms in total. The molecule has 0 N–H and O–H groups in total. The highest BCUT2D eigenvalue weighted by atomic mass is 14.8. The fourth-order valence-corrected chi connectivity index (χ4v) is 0.224. The molecule has 0 aromatic carbocycles. The molecule has 1 aliphatic rings.